The Balaban J connectivity index is 1.86. The lowest BCUT2D eigenvalue weighted by Crippen LogP contribution is -2.41. The van der Waals surface area contributed by atoms with E-state index in [2.05, 4.69) is 5.32 Å². The van der Waals surface area contributed by atoms with E-state index in [1.807, 2.05) is 75.4 Å². The Hall–Kier alpha value is -2.49. The van der Waals surface area contributed by atoms with Gasteiger partial charge < -0.3 is 14.8 Å². The molecule has 2 aromatic carbocycles. The van der Waals surface area contributed by atoms with Crippen LogP contribution in [0.2, 0.25) is 0 Å². The van der Waals surface area contributed by atoms with Gasteiger partial charge in [-0.3, -0.25) is 0 Å². The number of hydrogen-bond acceptors (Lipinski definition) is 3. The number of carbonyl (C=O) groups excluding carboxylic acids is 1. The molecule has 0 aliphatic rings. The van der Waals surface area contributed by atoms with Crippen LogP contribution < -0.4 is 10.1 Å². The van der Waals surface area contributed by atoms with Gasteiger partial charge in [-0.1, -0.05) is 48.5 Å². The number of nitrogens with one attached hydrogen (secondary N) is 1. The lowest BCUT2D eigenvalue weighted by molar-refractivity contribution is 0.138. The van der Waals surface area contributed by atoms with E-state index in [4.69, 9.17) is 9.47 Å². The first kappa shape index (κ1) is 17.9. The Kier molecular flexibility index (Phi) is 6.24. The summed E-state index contributed by atoms with van der Waals surface area (Å²) in [5.74, 6) is 0.821. The molecule has 0 aliphatic carbocycles. The molecule has 0 saturated carbocycles. The van der Waals surface area contributed by atoms with Crippen molar-refractivity contribution < 1.29 is 14.3 Å². The van der Waals surface area contributed by atoms with Crippen LogP contribution in [0.25, 0.3) is 0 Å². The van der Waals surface area contributed by atoms with Crippen molar-refractivity contribution >= 4 is 6.09 Å². The first-order valence-electron chi connectivity index (χ1n) is 8.13. The van der Waals surface area contributed by atoms with Crippen molar-refractivity contribution in [2.75, 3.05) is 6.61 Å². The molecule has 0 spiro atoms. The van der Waals surface area contributed by atoms with E-state index in [-0.39, 0.29) is 5.54 Å². The van der Waals surface area contributed by atoms with Crippen LogP contribution in [0.3, 0.4) is 0 Å². The van der Waals surface area contributed by atoms with Crippen molar-refractivity contribution in [3.05, 3.63) is 65.7 Å². The molecule has 2 rings (SSSR count). The Morgan fingerprint density at radius 1 is 1.00 bits per heavy atom. The molecule has 1 N–H and O–H groups in total. The van der Waals surface area contributed by atoms with Crippen molar-refractivity contribution in [2.45, 2.75) is 39.3 Å². The second kappa shape index (κ2) is 8.39. The standard InChI is InChI=1S/C20H25NO3/c1-20(2,3)21-19(22)23-14-13-17-11-7-8-12-18(17)24-15-16-9-5-4-6-10-16/h4-12H,13-15H2,1-3H3,(H,21,22). The van der Waals surface area contributed by atoms with E-state index >= 15 is 0 Å². The van der Waals surface area contributed by atoms with Crippen LogP contribution in [0.1, 0.15) is 31.9 Å². The molecule has 0 heterocycles. The third-order valence-electron chi connectivity index (χ3n) is 3.29. The smallest absolute Gasteiger partial charge is 0.407 e. The van der Waals surface area contributed by atoms with Crippen molar-refractivity contribution in [1.29, 1.82) is 0 Å². The summed E-state index contributed by atoms with van der Waals surface area (Å²) in [5.41, 5.74) is 1.85. The summed E-state index contributed by atoms with van der Waals surface area (Å²) < 4.78 is 11.1. The maximum atomic E-state index is 11.7. The predicted molar refractivity (Wildman–Crippen MR) is 95.2 cm³/mol. The van der Waals surface area contributed by atoms with E-state index in [1.54, 1.807) is 0 Å². The molecule has 0 saturated heterocycles. The molecule has 1 amide bonds. The highest BCUT2D eigenvalue weighted by Crippen LogP contribution is 2.20. The summed E-state index contributed by atoms with van der Waals surface area (Å²) in [6.45, 7) is 6.58. The number of rotatable bonds is 6. The lowest BCUT2D eigenvalue weighted by atomic mass is 10.1. The van der Waals surface area contributed by atoms with Gasteiger partial charge in [0.05, 0.1) is 6.61 Å². The quantitative estimate of drug-likeness (QED) is 0.859. The summed E-state index contributed by atoms with van der Waals surface area (Å²) in [4.78, 5) is 11.7. The van der Waals surface area contributed by atoms with Crippen LogP contribution in [-0.4, -0.2) is 18.2 Å². The molecular formula is C20H25NO3. The summed E-state index contributed by atoms with van der Waals surface area (Å²) in [6, 6.07) is 17.9. The molecule has 4 nitrogen and oxygen atoms in total. The van der Waals surface area contributed by atoms with E-state index in [0.29, 0.717) is 19.6 Å². The highest BCUT2D eigenvalue weighted by molar-refractivity contribution is 5.68. The molecular weight excluding hydrogens is 302 g/mol. The van der Waals surface area contributed by atoms with Gasteiger partial charge in [0.1, 0.15) is 12.4 Å². The molecule has 24 heavy (non-hydrogen) atoms. The fourth-order valence-electron chi connectivity index (χ4n) is 2.18. The third-order valence-corrected chi connectivity index (χ3v) is 3.29. The number of benzene rings is 2. The van der Waals surface area contributed by atoms with Gasteiger partial charge in [-0.25, -0.2) is 4.79 Å². The fraction of sp³-hybridized carbons (Fsp3) is 0.350. The normalized spacial score (nSPS) is 11.0. The summed E-state index contributed by atoms with van der Waals surface area (Å²) >= 11 is 0. The molecule has 2 aromatic rings. The Bertz CT molecular complexity index is 647. The first-order valence-corrected chi connectivity index (χ1v) is 8.13. The van der Waals surface area contributed by atoms with Gasteiger partial charge in [0.15, 0.2) is 0 Å². The van der Waals surface area contributed by atoms with Crippen LogP contribution in [0.15, 0.2) is 54.6 Å². The van der Waals surface area contributed by atoms with Gasteiger partial charge in [-0.05, 0) is 38.0 Å². The molecule has 128 valence electrons. The van der Waals surface area contributed by atoms with Gasteiger partial charge in [0.2, 0.25) is 0 Å². The third kappa shape index (κ3) is 6.32. The van der Waals surface area contributed by atoms with Gasteiger partial charge >= 0.3 is 6.09 Å². The zero-order chi connectivity index (χ0) is 17.4. The van der Waals surface area contributed by atoms with E-state index in [9.17, 15) is 4.79 Å². The second-order valence-electron chi connectivity index (χ2n) is 6.64. The van der Waals surface area contributed by atoms with E-state index < -0.39 is 6.09 Å². The van der Waals surface area contributed by atoms with Crippen molar-refractivity contribution in [1.82, 2.24) is 5.32 Å². The predicted octanol–water partition coefficient (Wildman–Crippen LogP) is 4.33. The topological polar surface area (TPSA) is 47.6 Å². The maximum absolute atomic E-state index is 11.7. The molecule has 4 heteroatoms. The number of hydrogen-bond donors (Lipinski definition) is 1. The molecule has 0 radical (unpaired) electrons. The van der Waals surface area contributed by atoms with Crippen molar-refractivity contribution in [3.63, 3.8) is 0 Å². The molecule has 0 fully saturated rings. The minimum atomic E-state index is -0.398. The van der Waals surface area contributed by atoms with Gasteiger partial charge in [0, 0.05) is 12.0 Å². The van der Waals surface area contributed by atoms with Crippen LogP contribution in [0.4, 0.5) is 4.79 Å². The van der Waals surface area contributed by atoms with Gasteiger partial charge in [0.25, 0.3) is 0 Å². The number of alkyl carbamates (subject to hydrolysis) is 1. The molecule has 0 atom stereocenters. The Morgan fingerprint density at radius 3 is 2.38 bits per heavy atom. The average Bonchev–Trinajstić information content (AvgIpc) is 2.53. The average molecular weight is 327 g/mol. The lowest BCUT2D eigenvalue weighted by Gasteiger charge is -2.20. The molecule has 0 aliphatic heterocycles. The highest BCUT2D eigenvalue weighted by atomic mass is 16.5. The molecule has 0 aromatic heterocycles. The first-order chi connectivity index (χ1) is 11.4. The minimum Gasteiger partial charge on any atom is -0.489 e. The Labute approximate surface area is 143 Å². The zero-order valence-corrected chi connectivity index (χ0v) is 14.5. The number of ether oxygens (including phenoxy) is 2. The van der Waals surface area contributed by atoms with Crippen LogP contribution >= 0.6 is 0 Å². The van der Waals surface area contributed by atoms with E-state index in [0.717, 1.165) is 16.9 Å². The maximum Gasteiger partial charge on any atom is 0.407 e. The second-order valence-corrected chi connectivity index (χ2v) is 6.64. The fourth-order valence-corrected chi connectivity index (χ4v) is 2.18. The summed E-state index contributed by atoms with van der Waals surface area (Å²) in [6.07, 6.45) is 0.216. The van der Waals surface area contributed by atoms with Gasteiger partial charge in [-0.2, -0.15) is 0 Å². The van der Waals surface area contributed by atoms with Crippen molar-refractivity contribution in [3.8, 4) is 5.75 Å². The highest BCUT2D eigenvalue weighted by Gasteiger charge is 2.14. The summed E-state index contributed by atoms with van der Waals surface area (Å²) in [5, 5.41) is 2.77. The zero-order valence-electron chi connectivity index (χ0n) is 14.5. The van der Waals surface area contributed by atoms with Crippen LogP contribution in [-0.2, 0) is 17.8 Å². The monoisotopic (exact) mass is 327 g/mol. The Morgan fingerprint density at radius 2 is 1.67 bits per heavy atom. The molecule has 0 unspecified atom stereocenters. The van der Waals surface area contributed by atoms with Crippen LogP contribution in [0.5, 0.6) is 5.75 Å². The molecule has 0 bridgehead atoms. The van der Waals surface area contributed by atoms with Crippen LogP contribution in [0, 0.1) is 0 Å². The van der Waals surface area contributed by atoms with Crippen molar-refractivity contribution in [2.24, 2.45) is 0 Å². The van der Waals surface area contributed by atoms with Gasteiger partial charge in [-0.15, -0.1) is 0 Å². The number of amides is 1. The SMILES string of the molecule is CC(C)(C)NC(=O)OCCc1ccccc1OCc1ccccc1. The largest absolute Gasteiger partial charge is 0.489 e. The number of para-hydroxylation sites is 1. The summed E-state index contributed by atoms with van der Waals surface area (Å²) in [7, 11) is 0. The number of carbonyl (C=O) groups is 1. The minimum absolute atomic E-state index is 0.298. The van der Waals surface area contributed by atoms with E-state index in [1.165, 1.54) is 0 Å².